The van der Waals surface area contributed by atoms with Crippen LogP contribution in [0.5, 0.6) is 5.75 Å². The summed E-state index contributed by atoms with van der Waals surface area (Å²) in [5.41, 5.74) is 1.69. The molecule has 2 aromatic carbocycles. The zero-order chi connectivity index (χ0) is 23.4. The molecule has 1 aliphatic heterocycles. The van der Waals surface area contributed by atoms with Crippen LogP contribution in [0.3, 0.4) is 0 Å². The second-order valence-electron chi connectivity index (χ2n) is 7.45. The lowest BCUT2D eigenvalue weighted by Crippen LogP contribution is -2.50. The molecule has 174 valence electrons. The highest BCUT2D eigenvalue weighted by atomic mass is 35.5. The third-order valence-corrected chi connectivity index (χ3v) is 8.21. The highest BCUT2D eigenvalue weighted by molar-refractivity contribution is 7.89. The number of amides is 1. The molecule has 3 aromatic rings. The number of methoxy groups -OCH3 is 1. The summed E-state index contributed by atoms with van der Waals surface area (Å²) in [5.74, 6) is 0.420. The molecule has 1 saturated heterocycles. The molecule has 4 rings (SSSR count). The quantitative estimate of drug-likeness (QED) is 0.528. The van der Waals surface area contributed by atoms with Crippen molar-refractivity contribution in [1.82, 2.24) is 14.2 Å². The van der Waals surface area contributed by atoms with Crippen LogP contribution >= 0.6 is 22.9 Å². The smallest absolute Gasteiger partial charge is 0.243 e. The van der Waals surface area contributed by atoms with Crippen molar-refractivity contribution in [3.05, 3.63) is 58.9 Å². The molecule has 0 spiro atoms. The Balaban J connectivity index is 1.29. The van der Waals surface area contributed by atoms with Crippen LogP contribution in [0.25, 0.3) is 11.3 Å². The van der Waals surface area contributed by atoms with E-state index < -0.39 is 10.0 Å². The average Bonchev–Trinajstić information content (AvgIpc) is 3.28. The van der Waals surface area contributed by atoms with E-state index in [4.69, 9.17) is 16.3 Å². The number of carbonyl (C=O) groups excluding carboxylic acids is 1. The maximum atomic E-state index is 12.9. The van der Waals surface area contributed by atoms with Crippen molar-refractivity contribution in [2.75, 3.05) is 45.2 Å². The summed E-state index contributed by atoms with van der Waals surface area (Å²) in [4.78, 5) is 19.1. The normalized spacial score (nSPS) is 15.3. The number of rotatable bonds is 7. The number of nitrogens with zero attached hydrogens (tertiary/aromatic N) is 3. The van der Waals surface area contributed by atoms with Gasteiger partial charge in [-0.25, -0.2) is 13.4 Å². The number of ether oxygens (including phenoxy) is 1. The Bertz CT molecular complexity index is 1210. The molecule has 33 heavy (non-hydrogen) atoms. The first-order chi connectivity index (χ1) is 15.8. The summed E-state index contributed by atoms with van der Waals surface area (Å²) in [7, 11) is -2.05. The fourth-order valence-corrected chi connectivity index (χ4v) is 5.76. The van der Waals surface area contributed by atoms with E-state index in [0.717, 1.165) is 11.3 Å². The van der Waals surface area contributed by atoms with Gasteiger partial charge in [-0.3, -0.25) is 9.69 Å². The second-order valence-corrected chi connectivity index (χ2v) is 10.7. The highest BCUT2D eigenvalue weighted by Crippen LogP contribution is 2.26. The third-order valence-electron chi connectivity index (χ3n) is 5.29. The number of anilines is 1. The lowest BCUT2D eigenvalue weighted by molar-refractivity contribution is -0.117. The standard InChI is InChI=1S/C22H23ClN4O4S2/c1-31-18-6-8-19(9-7-18)33(29,30)27-12-10-26(11-13-27)14-21(28)25-22-24-20(15-32-22)16-2-4-17(23)5-3-16/h2-9,15H,10-14H2,1H3,(H,24,25,28). The van der Waals surface area contributed by atoms with Gasteiger partial charge in [0.05, 0.1) is 24.2 Å². The summed E-state index contributed by atoms with van der Waals surface area (Å²) in [6.07, 6.45) is 0. The molecule has 1 aliphatic rings. The van der Waals surface area contributed by atoms with E-state index in [1.807, 2.05) is 22.4 Å². The van der Waals surface area contributed by atoms with Crippen molar-refractivity contribution >= 4 is 44.0 Å². The summed E-state index contributed by atoms with van der Waals surface area (Å²) in [6, 6.07) is 13.7. The number of sulfonamides is 1. The van der Waals surface area contributed by atoms with Crippen LogP contribution in [0.15, 0.2) is 58.8 Å². The topological polar surface area (TPSA) is 91.8 Å². The SMILES string of the molecule is COc1ccc(S(=O)(=O)N2CCN(CC(=O)Nc3nc(-c4ccc(Cl)cc4)cs3)CC2)cc1. The van der Waals surface area contributed by atoms with Crippen molar-refractivity contribution < 1.29 is 17.9 Å². The number of halogens is 1. The van der Waals surface area contributed by atoms with E-state index in [-0.39, 0.29) is 17.3 Å². The number of benzene rings is 2. The third kappa shape index (κ3) is 5.71. The predicted molar refractivity (Wildman–Crippen MR) is 129 cm³/mol. The van der Waals surface area contributed by atoms with Gasteiger partial charge in [-0.1, -0.05) is 23.7 Å². The Kier molecular flexibility index (Phi) is 7.30. The lowest BCUT2D eigenvalue weighted by Gasteiger charge is -2.33. The van der Waals surface area contributed by atoms with Crippen LogP contribution < -0.4 is 10.1 Å². The molecule has 0 saturated carbocycles. The van der Waals surface area contributed by atoms with Gasteiger partial charge in [-0.2, -0.15) is 4.31 Å². The number of carbonyl (C=O) groups is 1. The maximum absolute atomic E-state index is 12.9. The zero-order valence-electron chi connectivity index (χ0n) is 17.9. The van der Waals surface area contributed by atoms with Gasteiger partial charge in [0.15, 0.2) is 5.13 Å². The number of aromatic nitrogens is 1. The van der Waals surface area contributed by atoms with Crippen LogP contribution in [-0.4, -0.2) is 68.3 Å². The second kappa shape index (κ2) is 10.2. The summed E-state index contributed by atoms with van der Waals surface area (Å²) in [5, 5.41) is 5.87. The van der Waals surface area contributed by atoms with Gasteiger partial charge < -0.3 is 10.1 Å². The van der Waals surface area contributed by atoms with Crippen molar-refractivity contribution in [2.24, 2.45) is 0 Å². The van der Waals surface area contributed by atoms with Crippen molar-refractivity contribution in [3.63, 3.8) is 0 Å². The zero-order valence-corrected chi connectivity index (χ0v) is 20.3. The molecular weight excluding hydrogens is 484 g/mol. The predicted octanol–water partition coefficient (Wildman–Crippen LogP) is 3.42. The molecule has 1 aromatic heterocycles. The minimum atomic E-state index is -3.58. The minimum Gasteiger partial charge on any atom is -0.497 e. The Morgan fingerprint density at radius 3 is 2.39 bits per heavy atom. The Morgan fingerprint density at radius 1 is 1.09 bits per heavy atom. The molecule has 0 aliphatic carbocycles. The first-order valence-corrected chi connectivity index (χ1v) is 12.9. The number of nitrogens with one attached hydrogen (secondary N) is 1. The number of hydrogen-bond acceptors (Lipinski definition) is 7. The molecule has 0 bridgehead atoms. The van der Waals surface area contributed by atoms with Gasteiger partial charge in [-0.15, -0.1) is 11.3 Å². The molecule has 1 fully saturated rings. The fraction of sp³-hybridized carbons (Fsp3) is 0.273. The van der Waals surface area contributed by atoms with Gasteiger partial charge in [-0.05, 0) is 36.4 Å². The average molecular weight is 507 g/mol. The molecule has 0 radical (unpaired) electrons. The minimum absolute atomic E-state index is 0.173. The van der Waals surface area contributed by atoms with Crippen molar-refractivity contribution in [3.8, 4) is 17.0 Å². The van der Waals surface area contributed by atoms with Crippen molar-refractivity contribution in [1.29, 1.82) is 0 Å². The maximum Gasteiger partial charge on any atom is 0.243 e. The Labute approximate surface area is 201 Å². The largest absolute Gasteiger partial charge is 0.497 e. The molecule has 2 heterocycles. The van der Waals surface area contributed by atoms with Gasteiger partial charge in [0.2, 0.25) is 15.9 Å². The summed E-state index contributed by atoms with van der Waals surface area (Å²) < 4.78 is 32.3. The van der Waals surface area contributed by atoms with E-state index in [2.05, 4.69) is 10.3 Å². The Morgan fingerprint density at radius 2 is 1.76 bits per heavy atom. The van der Waals surface area contributed by atoms with E-state index in [0.29, 0.717) is 42.1 Å². The van der Waals surface area contributed by atoms with Gasteiger partial charge in [0, 0.05) is 42.1 Å². The fourth-order valence-electron chi connectivity index (χ4n) is 3.47. The summed E-state index contributed by atoms with van der Waals surface area (Å²) in [6.45, 7) is 1.75. The number of piperazine rings is 1. The number of hydrogen-bond donors (Lipinski definition) is 1. The van der Waals surface area contributed by atoms with E-state index >= 15 is 0 Å². The van der Waals surface area contributed by atoms with E-state index in [1.165, 1.54) is 22.8 Å². The molecule has 1 amide bonds. The summed E-state index contributed by atoms with van der Waals surface area (Å²) >= 11 is 7.27. The van der Waals surface area contributed by atoms with E-state index in [9.17, 15) is 13.2 Å². The van der Waals surface area contributed by atoms with Gasteiger partial charge >= 0.3 is 0 Å². The molecule has 8 nitrogen and oxygen atoms in total. The molecule has 0 atom stereocenters. The lowest BCUT2D eigenvalue weighted by atomic mass is 10.2. The van der Waals surface area contributed by atoms with Gasteiger partial charge in [0.25, 0.3) is 0 Å². The van der Waals surface area contributed by atoms with Gasteiger partial charge in [0.1, 0.15) is 5.75 Å². The van der Waals surface area contributed by atoms with Crippen LogP contribution in [0.2, 0.25) is 5.02 Å². The molecule has 1 N–H and O–H groups in total. The molecule has 11 heteroatoms. The molecular formula is C22H23ClN4O4S2. The van der Waals surface area contributed by atoms with E-state index in [1.54, 1.807) is 36.4 Å². The Hall–Kier alpha value is -2.50. The van der Waals surface area contributed by atoms with Crippen molar-refractivity contribution in [2.45, 2.75) is 4.90 Å². The monoisotopic (exact) mass is 506 g/mol. The van der Waals surface area contributed by atoms with Crippen LogP contribution in [0.1, 0.15) is 0 Å². The van der Waals surface area contributed by atoms with Crippen LogP contribution in [0, 0.1) is 0 Å². The first kappa shape index (κ1) is 23.7. The highest BCUT2D eigenvalue weighted by Gasteiger charge is 2.29. The number of thiazole rings is 1. The van der Waals surface area contributed by atoms with Crippen LogP contribution in [-0.2, 0) is 14.8 Å². The van der Waals surface area contributed by atoms with Crippen LogP contribution in [0.4, 0.5) is 5.13 Å². The first-order valence-electron chi connectivity index (χ1n) is 10.2. The molecule has 0 unspecified atom stereocenters.